The number of carbonyl (C=O) groups excluding carboxylic acids is 1. The van der Waals surface area contributed by atoms with Crippen molar-refractivity contribution in [1.29, 1.82) is 0 Å². The van der Waals surface area contributed by atoms with Gasteiger partial charge in [-0.2, -0.15) is 4.31 Å². The van der Waals surface area contributed by atoms with Crippen molar-refractivity contribution in [2.75, 3.05) is 32.7 Å². The molecule has 2 N–H and O–H groups in total. The average Bonchev–Trinajstić information content (AvgIpc) is 2.46. The Bertz CT molecular complexity index is 645. The van der Waals surface area contributed by atoms with Crippen LogP contribution in [0.1, 0.15) is 0 Å². The summed E-state index contributed by atoms with van der Waals surface area (Å²) < 4.78 is 27.2. The number of hydrogen-bond acceptors (Lipinski definition) is 4. The van der Waals surface area contributed by atoms with Crippen LogP contribution in [-0.4, -0.2) is 56.3 Å². The minimum atomic E-state index is -3.65. The average molecular weight is 397 g/mol. The highest BCUT2D eigenvalue weighted by molar-refractivity contribution is 9.10. The second kappa shape index (κ2) is 6.62. The highest BCUT2D eigenvalue weighted by atomic mass is 79.9. The molecule has 0 radical (unpaired) electrons. The van der Waals surface area contributed by atoms with Crippen LogP contribution in [0.15, 0.2) is 27.6 Å². The monoisotopic (exact) mass is 395 g/mol. The normalized spacial score (nSPS) is 17.0. The van der Waals surface area contributed by atoms with E-state index >= 15 is 0 Å². The zero-order chi connectivity index (χ0) is 15.6. The minimum Gasteiger partial charge on any atom is -0.339 e. The third-order valence-corrected chi connectivity index (χ3v) is 6.15. The quantitative estimate of drug-likeness (QED) is 0.822. The molecule has 1 heterocycles. The molecule has 0 aromatic heterocycles. The molecule has 0 aliphatic carbocycles. The number of halogens is 2. The zero-order valence-corrected chi connectivity index (χ0v) is 14.3. The number of carbonyl (C=O) groups is 1. The molecule has 21 heavy (non-hydrogen) atoms. The van der Waals surface area contributed by atoms with Gasteiger partial charge in [-0.05, 0) is 18.2 Å². The Kier molecular flexibility index (Phi) is 5.26. The maximum Gasteiger partial charge on any atom is 0.244 e. The predicted octanol–water partition coefficient (Wildman–Crippen LogP) is 0.894. The van der Waals surface area contributed by atoms with E-state index in [-0.39, 0.29) is 35.5 Å². The van der Waals surface area contributed by atoms with Crippen LogP contribution in [0, 0.1) is 0 Å². The number of nitrogens with zero attached hydrogens (tertiary/aromatic N) is 2. The van der Waals surface area contributed by atoms with E-state index in [4.69, 9.17) is 17.3 Å². The maximum absolute atomic E-state index is 12.6. The molecule has 0 bridgehead atoms. The highest BCUT2D eigenvalue weighted by Crippen LogP contribution is 2.28. The first-order valence-electron chi connectivity index (χ1n) is 6.29. The van der Waals surface area contributed by atoms with Gasteiger partial charge in [-0.3, -0.25) is 4.79 Å². The predicted molar refractivity (Wildman–Crippen MR) is 83.5 cm³/mol. The van der Waals surface area contributed by atoms with Crippen LogP contribution in [0.2, 0.25) is 5.02 Å². The van der Waals surface area contributed by atoms with Gasteiger partial charge >= 0.3 is 0 Å². The molecular weight excluding hydrogens is 382 g/mol. The third-order valence-electron chi connectivity index (χ3n) is 3.28. The summed E-state index contributed by atoms with van der Waals surface area (Å²) in [7, 11) is -3.65. The molecular formula is C12H15BrClN3O3S. The maximum atomic E-state index is 12.6. The molecule has 1 aliphatic rings. The Hall–Kier alpha value is -0.670. The van der Waals surface area contributed by atoms with E-state index in [9.17, 15) is 13.2 Å². The smallest absolute Gasteiger partial charge is 0.244 e. The van der Waals surface area contributed by atoms with Gasteiger partial charge in [0.2, 0.25) is 15.9 Å². The van der Waals surface area contributed by atoms with Crippen molar-refractivity contribution in [3.05, 3.63) is 27.7 Å². The van der Waals surface area contributed by atoms with Crippen molar-refractivity contribution in [3.63, 3.8) is 0 Å². The van der Waals surface area contributed by atoms with Crippen LogP contribution >= 0.6 is 27.5 Å². The molecule has 0 spiro atoms. The molecule has 6 nitrogen and oxygen atoms in total. The first-order valence-corrected chi connectivity index (χ1v) is 8.90. The van der Waals surface area contributed by atoms with Gasteiger partial charge in [0.05, 0.1) is 11.6 Å². The molecule has 9 heteroatoms. The standard InChI is InChI=1S/C12H15BrClN3O3S/c13-9-1-2-11(10(14)7-9)21(19,20)17-5-3-16(4-6-17)12(18)8-15/h1-2,7H,3-6,8,15H2. The van der Waals surface area contributed by atoms with E-state index in [0.717, 1.165) is 0 Å². The summed E-state index contributed by atoms with van der Waals surface area (Å²) in [5.74, 6) is -0.172. The molecule has 1 saturated heterocycles. The van der Waals surface area contributed by atoms with Gasteiger partial charge in [0, 0.05) is 30.7 Å². The number of sulfonamides is 1. The Morgan fingerprint density at radius 2 is 1.90 bits per heavy atom. The lowest BCUT2D eigenvalue weighted by Gasteiger charge is -2.34. The summed E-state index contributed by atoms with van der Waals surface area (Å²) in [6, 6.07) is 4.65. The zero-order valence-electron chi connectivity index (χ0n) is 11.1. The minimum absolute atomic E-state index is 0.0642. The Morgan fingerprint density at radius 3 is 2.43 bits per heavy atom. The number of piperazine rings is 1. The van der Waals surface area contributed by atoms with Crippen LogP contribution in [0.3, 0.4) is 0 Å². The Labute approximate surface area is 137 Å². The second-order valence-corrected chi connectivity index (χ2v) is 7.79. The number of rotatable bonds is 3. The second-order valence-electron chi connectivity index (χ2n) is 4.56. The summed E-state index contributed by atoms with van der Waals surface area (Å²) in [6.45, 7) is 1.08. The summed E-state index contributed by atoms with van der Waals surface area (Å²) in [5, 5.41) is 0.171. The van der Waals surface area contributed by atoms with Crippen LogP contribution < -0.4 is 5.73 Å². The van der Waals surface area contributed by atoms with Gasteiger partial charge in [0.25, 0.3) is 0 Å². The molecule has 1 aromatic rings. The SMILES string of the molecule is NCC(=O)N1CCN(S(=O)(=O)c2ccc(Br)cc2Cl)CC1. The molecule has 0 unspecified atom stereocenters. The van der Waals surface area contributed by atoms with Gasteiger partial charge in [-0.15, -0.1) is 0 Å². The number of nitrogens with two attached hydrogens (primary N) is 1. The van der Waals surface area contributed by atoms with Crippen molar-refractivity contribution in [3.8, 4) is 0 Å². The van der Waals surface area contributed by atoms with E-state index in [1.165, 1.54) is 10.4 Å². The Balaban J connectivity index is 2.17. The van der Waals surface area contributed by atoms with Crippen LogP contribution in [0.5, 0.6) is 0 Å². The molecule has 1 fully saturated rings. The first kappa shape index (κ1) is 16.7. The summed E-state index contributed by atoms with van der Waals surface area (Å²) >= 11 is 9.26. The lowest BCUT2D eigenvalue weighted by Crippen LogP contribution is -2.51. The Morgan fingerprint density at radius 1 is 1.29 bits per heavy atom. The molecule has 1 aliphatic heterocycles. The largest absolute Gasteiger partial charge is 0.339 e. The first-order chi connectivity index (χ1) is 9.86. The summed E-state index contributed by atoms with van der Waals surface area (Å²) in [6.07, 6.45) is 0. The lowest BCUT2D eigenvalue weighted by molar-refractivity contribution is -0.130. The molecule has 0 atom stereocenters. The van der Waals surface area contributed by atoms with Gasteiger partial charge in [0.15, 0.2) is 0 Å². The molecule has 1 aromatic carbocycles. The van der Waals surface area contributed by atoms with Crippen molar-refractivity contribution >= 4 is 43.5 Å². The van der Waals surface area contributed by atoms with Crippen molar-refractivity contribution < 1.29 is 13.2 Å². The van der Waals surface area contributed by atoms with Crippen LogP contribution in [0.4, 0.5) is 0 Å². The van der Waals surface area contributed by atoms with E-state index < -0.39 is 10.0 Å². The van der Waals surface area contributed by atoms with E-state index in [2.05, 4.69) is 15.9 Å². The van der Waals surface area contributed by atoms with Crippen LogP contribution in [-0.2, 0) is 14.8 Å². The number of benzene rings is 1. The van der Waals surface area contributed by atoms with Crippen LogP contribution in [0.25, 0.3) is 0 Å². The lowest BCUT2D eigenvalue weighted by atomic mass is 10.3. The number of hydrogen-bond donors (Lipinski definition) is 1. The summed E-state index contributed by atoms with van der Waals surface area (Å²) in [5.41, 5.74) is 5.30. The van der Waals surface area contributed by atoms with Gasteiger partial charge in [-0.25, -0.2) is 8.42 Å². The van der Waals surface area contributed by atoms with Crippen molar-refractivity contribution in [2.45, 2.75) is 4.90 Å². The molecule has 116 valence electrons. The fourth-order valence-electron chi connectivity index (χ4n) is 2.13. The topological polar surface area (TPSA) is 83.7 Å². The van der Waals surface area contributed by atoms with Gasteiger partial charge in [-0.1, -0.05) is 27.5 Å². The van der Waals surface area contributed by atoms with E-state index in [1.807, 2.05) is 0 Å². The van der Waals surface area contributed by atoms with E-state index in [1.54, 1.807) is 17.0 Å². The molecule has 1 amide bonds. The van der Waals surface area contributed by atoms with Crippen molar-refractivity contribution in [1.82, 2.24) is 9.21 Å². The third kappa shape index (κ3) is 3.57. The fourth-order valence-corrected chi connectivity index (χ4v) is 4.56. The molecule has 2 rings (SSSR count). The fraction of sp³-hybridized carbons (Fsp3) is 0.417. The number of amides is 1. The van der Waals surface area contributed by atoms with E-state index in [0.29, 0.717) is 17.6 Å². The van der Waals surface area contributed by atoms with Gasteiger partial charge < -0.3 is 10.6 Å². The summed E-state index contributed by atoms with van der Waals surface area (Å²) in [4.78, 5) is 13.1. The van der Waals surface area contributed by atoms with Crippen molar-refractivity contribution in [2.24, 2.45) is 5.73 Å². The van der Waals surface area contributed by atoms with Gasteiger partial charge in [0.1, 0.15) is 4.90 Å². The molecule has 0 saturated carbocycles. The highest BCUT2D eigenvalue weighted by Gasteiger charge is 2.31.